The SMILES string of the molecule is O=C(c1ccccc1)N(O)c1cc(Br)cc(Br)c1. The van der Waals surface area contributed by atoms with Crippen LogP contribution in [0.1, 0.15) is 10.4 Å². The predicted molar refractivity (Wildman–Crippen MR) is 76.9 cm³/mol. The highest BCUT2D eigenvalue weighted by Crippen LogP contribution is 2.26. The number of anilines is 1. The summed E-state index contributed by atoms with van der Waals surface area (Å²) in [5.74, 6) is -0.472. The summed E-state index contributed by atoms with van der Waals surface area (Å²) >= 11 is 6.62. The number of carbonyl (C=O) groups is 1. The topological polar surface area (TPSA) is 40.5 Å². The molecule has 0 fully saturated rings. The smallest absolute Gasteiger partial charge is 0.281 e. The van der Waals surface area contributed by atoms with Crippen LogP contribution in [0.3, 0.4) is 0 Å². The highest BCUT2D eigenvalue weighted by molar-refractivity contribution is 9.11. The maximum atomic E-state index is 12.0. The zero-order chi connectivity index (χ0) is 13.1. The van der Waals surface area contributed by atoms with Crippen LogP contribution in [0.5, 0.6) is 0 Å². The number of hydrogen-bond donors (Lipinski definition) is 1. The lowest BCUT2D eigenvalue weighted by Crippen LogP contribution is -2.26. The van der Waals surface area contributed by atoms with Gasteiger partial charge in [0.05, 0.1) is 5.69 Å². The molecule has 2 aromatic carbocycles. The molecular weight excluding hydrogens is 362 g/mol. The van der Waals surface area contributed by atoms with E-state index in [0.717, 1.165) is 8.95 Å². The van der Waals surface area contributed by atoms with E-state index in [9.17, 15) is 10.0 Å². The summed E-state index contributed by atoms with van der Waals surface area (Å²) in [4.78, 5) is 12.0. The molecule has 0 saturated carbocycles. The van der Waals surface area contributed by atoms with Gasteiger partial charge in [-0.25, -0.2) is 0 Å². The van der Waals surface area contributed by atoms with E-state index in [1.807, 2.05) is 12.1 Å². The van der Waals surface area contributed by atoms with Gasteiger partial charge in [0.1, 0.15) is 0 Å². The second-order valence-electron chi connectivity index (χ2n) is 3.61. The quantitative estimate of drug-likeness (QED) is 0.634. The van der Waals surface area contributed by atoms with Crippen LogP contribution in [0.15, 0.2) is 57.5 Å². The third kappa shape index (κ3) is 2.98. The minimum atomic E-state index is -0.472. The zero-order valence-corrected chi connectivity index (χ0v) is 12.3. The number of hydrogen-bond acceptors (Lipinski definition) is 2. The summed E-state index contributed by atoms with van der Waals surface area (Å²) in [7, 11) is 0. The third-order valence-corrected chi connectivity index (χ3v) is 3.22. The van der Waals surface area contributed by atoms with Gasteiger partial charge in [0.25, 0.3) is 5.91 Å². The molecule has 0 saturated heterocycles. The lowest BCUT2D eigenvalue weighted by atomic mass is 10.2. The van der Waals surface area contributed by atoms with E-state index >= 15 is 0 Å². The number of hydroxylamine groups is 1. The van der Waals surface area contributed by atoms with Gasteiger partial charge in [-0.3, -0.25) is 10.0 Å². The molecule has 0 aromatic heterocycles. The molecule has 0 aliphatic rings. The van der Waals surface area contributed by atoms with Gasteiger partial charge in [-0.05, 0) is 30.3 Å². The Morgan fingerprint density at radius 1 is 1.00 bits per heavy atom. The largest absolute Gasteiger partial charge is 0.281 e. The van der Waals surface area contributed by atoms with E-state index in [0.29, 0.717) is 16.3 Å². The summed E-state index contributed by atoms with van der Waals surface area (Å²) in [5.41, 5.74) is 0.821. The van der Waals surface area contributed by atoms with Crippen LogP contribution in [-0.2, 0) is 0 Å². The van der Waals surface area contributed by atoms with Crippen molar-refractivity contribution in [3.8, 4) is 0 Å². The molecule has 1 N–H and O–H groups in total. The molecule has 0 atom stereocenters. The summed E-state index contributed by atoms with van der Waals surface area (Å²) in [6, 6.07) is 13.8. The van der Waals surface area contributed by atoms with Gasteiger partial charge >= 0.3 is 0 Å². The van der Waals surface area contributed by atoms with E-state index < -0.39 is 5.91 Å². The van der Waals surface area contributed by atoms with E-state index in [2.05, 4.69) is 31.9 Å². The average molecular weight is 371 g/mol. The van der Waals surface area contributed by atoms with Gasteiger partial charge < -0.3 is 0 Å². The maximum absolute atomic E-state index is 12.0. The molecule has 0 unspecified atom stereocenters. The monoisotopic (exact) mass is 369 g/mol. The van der Waals surface area contributed by atoms with Crippen molar-refractivity contribution in [3.05, 3.63) is 63.0 Å². The van der Waals surface area contributed by atoms with E-state index in [1.54, 1.807) is 36.4 Å². The normalized spacial score (nSPS) is 10.2. The molecule has 3 nitrogen and oxygen atoms in total. The minimum absolute atomic E-state index is 0.394. The van der Waals surface area contributed by atoms with Gasteiger partial charge in [-0.2, -0.15) is 5.06 Å². The summed E-state index contributed by atoms with van der Waals surface area (Å²) in [5, 5.41) is 10.6. The molecule has 0 radical (unpaired) electrons. The van der Waals surface area contributed by atoms with Crippen LogP contribution >= 0.6 is 31.9 Å². The first-order valence-corrected chi connectivity index (χ1v) is 6.71. The fourth-order valence-corrected chi connectivity index (χ4v) is 2.75. The number of nitrogens with zero attached hydrogens (tertiary/aromatic N) is 1. The molecule has 5 heteroatoms. The van der Waals surface area contributed by atoms with E-state index in [1.165, 1.54) is 0 Å². The van der Waals surface area contributed by atoms with Gasteiger partial charge in [-0.15, -0.1) is 0 Å². The van der Waals surface area contributed by atoms with Gasteiger partial charge in [0, 0.05) is 14.5 Å². The third-order valence-electron chi connectivity index (χ3n) is 2.30. The molecule has 0 aliphatic carbocycles. The Labute approximate surface area is 121 Å². The first kappa shape index (κ1) is 13.3. The standard InChI is InChI=1S/C13H9Br2NO2/c14-10-6-11(15)8-12(7-10)16(18)13(17)9-4-2-1-3-5-9/h1-8,18H. The second kappa shape index (κ2) is 5.65. The van der Waals surface area contributed by atoms with E-state index in [-0.39, 0.29) is 0 Å². The Kier molecular flexibility index (Phi) is 4.16. The Bertz CT molecular complexity index is 552. The van der Waals surface area contributed by atoms with Gasteiger partial charge in [-0.1, -0.05) is 50.1 Å². The number of halogens is 2. The number of amides is 1. The second-order valence-corrected chi connectivity index (χ2v) is 5.44. The maximum Gasteiger partial charge on any atom is 0.281 e. The molecular formula is C13H9Br2NO2. The Morgan fingerprint density at radius 2 is 1.56 bits per heavy atom. The number of benzene rings is 2. The van der Waals surface area contributed by atoms with E-state index in [4.69, 9.17) is 0 Å². The summed E-state index contributed by atoms with van der Waals surface area (Å²) in [6.07, 6.45) is 0. The van der Waals surface area contributed by atoms with Crippen molar-refractivity contribution in [1.29, 1.82) is 0 Å². The first-order chi connectivity index (χ1) is 8.58. The summed E-state index contributed by atoms with van der Waals surface area (Å²) in [6.45, 7) is 0. The van der Waals surface area contributed by atoms with Crippen LogP contribution in [-0.4, -0.2) is 11.1 Å². The fourth-order valence-electron chi connectivity index (χ4n) is 1.48. The molecule has 0 spiro atoms. The average Bonchev–Trinajstić information content (AvgIpc) is 2.37. The molecule has 2 aromatic rings. The molecule has 0 bridgehead atoms. The lowest BCUT2D eigenvalue weighted by Gasteiger charge is -2.15. The molecule has 2 rings (SSSR count). The van der Waals surface area contributed by atoms with Crippen molar-refractivity contribution in [1.82, 2.24) is 0 Å². The molecule has 18 heavy (non-hydrogen) atoms. The van der Waals surface area contributed by atoms with Crippen LogP contribution in [0, 0.1) is 0 Å². The fraction of sp³-hybridized carbons (Fsp3) is 0. The molecule has 92 valence electrons. The Hall–Kier alpha value is -1.17. The Morgan fingerprint density at radius 3 is 2.11 bits per heavy atom. The highest BCUT2D eigenvalue weighted by Gasteiger charge is 2.15. The predicted octanol–water partition coefficient (Wildman–Crippen LogP) is 4.25. The number of carbonyl (C=O) groups excluding carboxylic acids is 1. The van der Waals surface area contributed by atoms with Crippen LogP contribution < -0.4 is 5.06 Å². The first-order valence-electron chi connectivity index (χ1n) is 5.12. The molecule has 1 amide bonds. The highest BCUT2D eigenvalue weighted by atomic mass is 79.9. The Balaban J connectivity index is 2.31. The summed E-state index contributed by atoms with van der Waals surface area (Å²) < 4.78 is 1.54. The van der Waals surface area contributed by atoms with Crippen LogP contribution in [0.4, 0.5) is 5.69 Å². The van der Waals surface area contributed by atoms with Crippen molar-refractivity contribution < 1.29 is 10.0 Å². The number of rotatable bonds is 2. The van der Waals surface area contributed by atoms with Gasteiger partial charge in [0.2, 0.25) is 0 Å². The van der Waals surface area contributed by atoms with Crippen molar-refractivity contribution in [2.24, 2.45) is 0 Å². The van der Waals surface area contributed by atoms with Crippen molar-refractivity contribution in [2.75, 3.05) is 5.06 Å². The van der Waals surface area contributed by atoms with Crippen molar-refractivity contribution in [2.45, 2.75) is 0 Å². The lowest BCUT2D eigenvalue weighted by molar-refractivity contribution is 0.0854. The van der Waals surface area contributed by atoms with Crippen LogP contribution in [0.25, 0.3) is 0 Å². The van der Waals surface area contributed by atoms with Crippen molar-refractivity contribution in [3.63, 3.8) is 0 Å². The molecule has 0 heterocycles. The minimum Gasteiger partial charge on any atom is -0.281 e. The zero-order valence-electron chi connectivity index (χ0n) is 9.18. The van der Waals surface area contributed by atoms with Crippen molar-refractivity contribution >= 4 is 43.5 Å². The molecule has 0 aliphatic heterocycles. The van der Waals surface area contributed by atoms with Crippen LogP contribution in [0.2, 0.25) is 0 Å². The van der Waals surface area contributed by atoms with Gasteiger partial charge in [0.15, 0.2) is 0 Å².